The topological polar surface area (TPSA) is 68.0 Å². The molecule has 2 aliphatic heterocycles. The van der Waals surface area contributed by atoms with Crippen molar-refractivity contribution < 1.29 is 14.4 Å². The molecule has 3 rings (SSSR count). The summed E-state index contributed by atoms with van der Waals surface area (Å²) in [5, 5.41) is 1.87. The molecule has 0 aromatic heterocycles. The molecule has 2 atom stereocenters. The number of ether oxygens (including phenoxy) is 1. The highest BCUT2D eigenvalue weighted by Gasteiger charge is 2.50. The number of hydrogen-bond donors (Lipinski definition) is 1. The van der Waals surface area contributed by atoms with Crippen LogP contribution in [0.15, 0.2) is 18.2 Å². The van der Waals surface area contributed by atoms with E-state index in [9.17, 15) is 4.79 Å². The molecule has 1 saturated heterocycles. The Hall–Kier alpha value is -1.79. The lowest BCUT2D eigenvalue weighted by molar-refractivity contribution is -0.226. The Bertz CT molecular complexity index is 564. The highest BCUT2D eigenvalue weighted by atomic mass is 16.7. The standard InChI is InChI=1S/C14H19N3O3.C2H6/c1-14-6-7-16(2)20-12(14)17(3)11-5-4-9(8-10(11)14)19-13(15)18;1-2/h4-5,8,12H,6-7H2,1-3H3,(H2,15,18);1-2H3. The van der Waals surface area contributed by atoms with Gasteiger partial charge in [0.15, 0.2) is 6.23 Å². The van der Waals surface area contributed by atoms with Crippen molar-refractivity contribution in [1.29, 1.82) is 0 Å². The van der Waals surface area contributed by atoms with Crippen LogP contribution in [0.25, 0.3) is 0 Å². The maximum Gasteiger partial charge on any atom is 0.409 e. The number of hydroxylamine groups is 2. The third-order valence-electron chi connectivity index (χ3n) is 4.30. The number of primary amides is 1. The van der Waals surface area contributed by atoms with Crippen LogP contribution in [-0.4, -0.2) is 38.0 Å². The summed E-state index contributed by atoms with van der Waals surface area (Å²) in [7, 11) is 3.96. The van der Waals surface area contributed by atoms with E-state index in [-0.39, 0.29) is 11.6 Å². The summed E-state index contributed by atoms with van der Waals surface area (Å²) < 4.78 is 4.99. The summed E-state index contributed by atoms with van der Waals surface area (Å²) in [5.41, 5.74) is 7.20. The molecular formula is C16H25N3O3. The smallest absolute Gasteiger partial charge is 0.409 e. The summed E-state index contributed by atoms with van der Waals surface area (Å²) in [4.78, 5) is 19.0. The van der Waals surface area contributed by atoms with Crippen LogP contribution in [0.5, 0.6) is 5.75 Å². The van der Waals surface area contributed by atoms with Gasteiger partial charge in [0.25, 0.3) is 0 Å². The number of benzene rings is 1. The minimum atomic E-state index is -0.794. The number of anilines is 1. The molecule has 2 heterocycles. The van der Waals surface area contributed by atoms with Crippen LogP contribution >= 0.6 is 0 Å². The van der Waals surface area contributed by atoms with E-state index in [1.54, 1.807) is 6.07 Å². The van der Waals surface area contributed by atoms with Crippen molar-refractivity contribution in [2.24, 2.45) is 5.73 Å². The molecule has 22 heavy (non-hydrogen) atoms. The van der Waals surface area contributed by atoms with Gasteiger partial charge in [0.05, 0.1) is 0 Å². The first kappa shape index (κ1) is 16.6. The van der Waals surface area contributed by atoms with E-state index in [1.807, 2.05) is 45.1 Å². The molecule has 0 aliphatic carbocycles. The SMILES string of the molecule is CC.CN1CCC2(C)c3cc(OC(N)=O)ccc3N(C)C2O1. The van der Waals surface area contributed by atoms with E-state index in [1.165, 1.54) is 0 Å². The average molecular weight is 307 g/mol. The summed E-state index contributed by atoms with van der Waals surface area (Å²) >= 11 is 0. The van der Waals surface area contributed by atoms with Gasteiger partial charge in [-0.25, -0.2) is 4.79 Å². The number of amides is 1. The Morgan fingerprint density at radius 2 is 2.09 bits per heavy atom. The number of nitrogens with two attached hydrogens (primary N) is 1. The zero-order chi connectivity index (χ0) is 16.5. The molecule has 2 unspecified atom stereocenters. The van der Waals surface area contributed by atoms with Gasteiger partial charge in [-0.2, -0.15) is 5.06 Å². The zero-order valence-corrected chi connectivity index (χ0v) is 13.9. The molecule has 1 fully saturated rings. The molecule has 2 N–H and O–H groups in total. The number of hydrogen-bond acceptors (Lipinski definition) is 5. The summed E-state index contributed by atoms with van der Waals surface area (Å²) in [6.45, 7) is 7.04. The second-order valence-electron chi connectivity index (χ2n) is 5.69. The Morgan fingerprint density at radius 3 is 2.73 bits per heavy atom. The highest BCUT2D eigenvalue weighted by Crippen LogP contribution is 2.50. The van der Waals surface area contributed by atoms with Crippen molar-refractivity contribution in [1.82, 2.24) is 5.06 Å². The van der Waals surface area contributed by atoms with E-state index in [2.05, 4.69) is 11.8 Å². The molecule has 0 spiro atoms. The van der Waals surface area contributed by atoms with Crippen LogP contribution in [0.2, 0.25) is 0 Å². The van der Waals surface area contributed by atoms with Gasteiger partial charge in [-0.3, -0.25) is 4.84 Å². The summed E-state index contributed by atoms with van der Waals surface area (Å²) in [6.07, 6.45) is 0.142. The molecule has 2 aliphatic rings. The van der Waals surface area contributed by atoms with Gasteiger partial charge in [-0.1, -0.05) is 20.8 Å². The minimum absolute atomic E-state index is 0.0416. The maximum atomic E-state index is 10.9. The zero-order valence-electron chi connectivity index (χ0n) is 13.9. The first-order chi connectivity index (χ1) is 10.4. The second-order valence-corrected chi connectivity index (χ2v) is 5.69. The summed E-state index contributed by atoms with van der Waals surface area (Å²) in [5.74, 6) is 0.477. The van der Waals surface area contributed by atoms with E-state index in [0.29, 0.717) is 5.75 Å². The molecule has 0 saturated carbocycles. The van der Waals surface area contributed by atoms with Crippen LogP contribution < -0.4 is 15.4 Å². The monoisotopic (exact) mass is 307 g/mol. The third-order valence-corrected chi connectivity index (χ3v) is 4.30. The maximum absolute atomic E-state index is 10.9. The average Bonchev–Trinajstić information content (AvgIpc) is 2.70. The van der Waals surface area contributed by atoms with Crippen molar-refractivity contribution in [3.63, 3.8) is 0 Å². The molecule has 1 amide bonds. The van der Waals surface area contributed by atoms with Gasteiger partial charge in [0.1, 0.15) is 5.75 Å². The lowest BCUT2D eigenvalue weighted by Crippen LogP contribution is -2.52. The van der Waals surface area contributed by atoms with Gasteiger partial charge in [0, 0.05) is 31.7 Å². The van der Waals surface area contributed by atoms with Crippen LogP contribution in [0.4, 0.5) is 10.5 Å². The van der Waals surface area contributed by atoms with Crippen LogP contribution in [0, 0.1) is 0 Å². The largest absolute Gasteiger partial charge is 0.410 e. The van der Waals surface area contributed by atoms with Crippen molar-refractivity contribution in [2.45, 2.75) is 38.8 Å². The lowest BCUT2D eigenvalue weighted by atomic mass is 9.79. The lowest BCUT2D eigenvalue weighted by Gasteiger charge is -2.42. The Kier molecular flexibility index (Phi) is 4.63. The fourth-order valence-corrected chi connectivity index (χ4v) is 3.20. The molecule has 0 bridgehead atoms. The Balaban J connectivity index is 0.000000847. The predicted molar refractivity (Wildman–Crippen MR) is 85.9 cm³/mol. The fourth-order valence-electron chi connectivity index (χ4n) is 3.20. The van der Waals surface area contributed by atoms with Gasteiger partial charge in [0.2, 0.25) is 0 Å². The summed E-state index contributed by atoms with van der Waals surface area (Å²) in [6, 6.07) is 5.59. The van der Waals surface area contributed by atoms with Crippen LogP contribution in [0.1, 0.15) is 32.8 Å². The number of likely N-dealkylation sites (N-methyl/N-ethyl adjacent to an activating group) is 1. The van der Waals surface area contributed by atoms with Gasteiger partial charge < -0.3 is 15.4 Å². The first-order valence-electron chi connectivity index (χ1n) is 7.64. The molecule has 6 heteroatoms. The van der Waals surface area contributed by atoms with Crippen molar-refractivity contribution in [2.75, 3.05) is 25.5 Å². The van der Waals surface area contributed by atoms with Crippen molar-refractivity contribution >= 4 is 11.8 Å². The van der Waals surface area contributed by atoms with Gasteiger partial charge in [-0.05, 0) is 30.2 Å². The van der Waals surface area contributed by atoms with Crippen LogP contribution in [0.3, 0.4) is 0 Å². The molecule has 1 aromatic rings. The van der Waals surface area contributed by atoms with E-state index < -0.39 is 6.09 Å². The fraction of sp³-hybridized carbons (Fsp3) is 0.562. The normalized spacial score (nSPS) is 26.6. The Morgan fingerprint density at radius 1 is 1.41 bits per heavy atom. The van der Waals surface area contributed by atoms with Crippen LogP contribution in [-0.2, 0) is 10.3 Å². The third kappa shape index (κ3) is 2.64. The molecule has 0 radical (unpaired) electrons. The van der Waals surface area contributed by atoms with Gasteiger partial charge in [-0.15, -0.1) is 0 Å². The van der Waals surface area contributed by atoms with E-state index in [4.69, 9.17) is 15.3 Å². The number of fused-ring (bicyclic) bond motifs is 3. The molecule has 1 aromatic carbocycles. The number of nitrogens with zero attached hydrogens (tertiary/aromatic N) is 2. The van der Waals surface area contributed by atoms with E-state index in [0.717, 1.165) is 24.2 Å². The number of rotatable bonds is 1. The quantitative estimate of drug-likeness (QED) is 0.863. The van der Waals surface area contributed by atoms with Crippen molar-refractivity contribution in [3.05, 3.63) is 23.8 Å². The second kappa shape index (κ2) is 6.14. The van der Waals surface area contributed by atoms with Gasteiger partial charge >= 0.3 is 6.09 Å². The molecule has 6 nitrogen and oxygen atoms in total. The number of carbonyl (C=O) groups excluding carboxylic acids is 1. The Labute approximate surface area is 131 Å². The molecular weight excluding hydrogens is 282 g/mol. The number of carbonyl (C=O) groups is 1. The van der Waals surface area contributed by atoms with E-state index >= 15 is 0 Å². The molecule has 122 valence electrons. The minimum Gasteiger partial charge on any atom is -0.410 e. The predicted octanol–water partition coefficient (Wildman–Crippen LogP) is 2.47. The van der Waals surface area contributed by atoms with Crippen molar-refractivity contribution in [3.8, 4) is 5.75 Å². The highest BCUT2D eigenvalue weighted by molar-refractivity contribution is 5.70. The first-order valence-corrected chi connectivity index (χ1v) is 7.64.